The van der Waals surface area contributed by atoms with E-state index in [0.717, 1.165) is 47.0 Å². The monoisotopic (exact) mass is 449 g/mol. The van der Waals surface area contributed by atoms with Gasteiger partial charge in [-0.15, -0.1) is 11.3 Å². The molecule has 8 nitrogen and oxygen atoms in total. The van der Waals surface area contributed by atoms with Crippen LogP contribution in [0.15, 0.2) is 23.6 Å². The van der Waals surface area contributed by atoms with Crippen molar-refractivity contribution >= 4 is 35.1 Å². The summed E-state index contributed by atoms with van der Waals surface area (Å²) in [4.78, 5) is 37.6. The zero-order valence-electron chi connectivity index (χ0n) is 18.8. The van der Waals surface area contributed by atoms with E-state index in [4.69, 9.17) is 4.98 Å². The van der Waals surface area contributed by atoms with Crippen molar-refractivity contribution in [3.63, 3.8) is 0 Å². The van der Waals surface area contributed by atoms with Gasteiger partial charge in [-0.3, -0.25) is 4.79 Å². The van der Waals surface area contributed by atoms with Crippen molar-refractivity contribution in [2.75, 3.05) is 11.9 Å². The molecule has 32 heavy (non-hydrogen) atoms. The van der Waals surface area contributed by atoms with Gasteiger partial charge in [0.05, 0.1) is 16.7 Å². The Kier molecular flexibility index (Phi) is 6.55. The number of amides is 1. The maximum atomic E-state index is 13.0. The Morgan fingerprint density at radius 2 is 1.78 bits per heavy atom. The number of carbonyl (C=O) groups is 1. The molecule has 0 spiro atoms. The second kappa shape index (κ2) is 9.52. The van der Waals surface area contributed by atoms with Crippen LogP contribution in [0, 0.1) is 27.7 Å². The Labute approximate surface area is 191 Å². The van der Waals surface area contributed by atoms with Crippen molar-refractivity contribution < 1.29 is 4.79 Å². The zero-order valence-corrected chi connectivity index (χ0v) is 19.6. The molecule has 3 aromatic rings. The number of likely N-dealkylation sites (tertiary alicyclic amines) is 1. The summed E-state index contributed by atoms with van der Waals surface area (Å²) in [5.41, 5.74) is 3.41. The smallest absolute Gasteiger partial charge is 0.247 e. The fraction of sp³-hybridized carbons (Fsp3) is 0.391. The summed E-state index contributed by atoms with van der Waals surface area (Å²) in [5, 5.41) is 6.13. The van der Waals surface area contributed by atoms with Crippen molar-refractivity contribution in [2.45, 2.75) is 53.0 Å². The minimum Gasteiger partial charge on any atom is -0.329 e. The second-order valence-corrected chi connectivity index (χ2v) is 9.08. The van der Waals surface area contributed by atoms with Gasteiger partial charge in [0.15, 0.2) is 5.82 Å². The first-order valence-electron chi connectivity index (χ1n) is 10.7. The number of hydrogen-bond acceptors (Lipinski definition) is 8. The van der Waals surface area contributed by atoms with Crippen molar-refractivity contribution in [1.29, 1.82) is 0 Å². The fourth-order valence-electron chi connectivity index (χ4n) is 3.87. The first-order valence-corrected chi connectivity index (χ1v) is 11.6. The second-order valence-electron chi connectivity index (χ2n) is 8.02. The quantitative estimate of drug-likeness (QED) is 0.574. The SMILES string of the molecule is Cc1cc(C)nc(Nc2cc(C)nc(C3CCCCN3C(=O)/C=C/c3csc(C)n3)n2)n1. The van der Waals surface area contributed by atoms with Crippen LogP contribution < -0.4 is 5.32 Å². The molecule has 1 aliphatic heterocycles. The molecule has 0 bridgehead atoms. The van der Waals surface area contributed by atoms with Crippen LogP contribution >= 0.6 is 11.3 Å². The number of carbonyl (C=O) groups excluding carboxylic acids is 1. The number of rotatable bonds is 5. The van der Waals surface area contributed by atoms with Gasteiger partial charge in [-0.25, -0.2) is 24.9 Å². The lowest BCUT2D eigenvalue weighted by Crippen LogP contribution is -2.38. The van der Waals surface area contributed by atoms with E-state index in [1.807, 2.05) is 50.1 Å². The lowest BCUT2D eigenvalue weighted by atomic mass is 10.0. The van der Waals surface area contributed by atoms with E-state index in [-0.39, 0.29) is 11.9 Å². The van der Waals surface area contributed by atoms with Gasteiger partial charge in [-0.2, -0.15) is 0 Å². The van der Waals surface area contributed by atoms with E-state index < -0.39 is 0 Å². The van der Waals surface area contributed by atoms with Crippen LogP contribution in [0.2, 0.25) is 0 Å². The molecule has 0 aromatic carbocycles. The highest BCUT2D eigenvalue weighted by Gasteiger charge is 2.29. The summed E-state index contributed by atoms with van der Waals surface area (Å²) in [6.07, 6.45) is 6.21. The molecule has 0 saturated carbocycles. The third-order valence-corrected chi connectivity index (χ3v) is 6.00. The lowest BCUT2D eigenvalue weighted by molar-refractivity contribution is -0.129. The van der Waals surface area contributed by atoms with Crippen LogP contribution in [-0.2, 0) is 4.79 Å². The topological polar surface area (TPSA) is 96.8 Å². The Balaban J connectivity index is 1.57. The number of piperidine rings is 1. The summed E-state index contributed by atoms with van der Waals surface area (Å²) in [5.74, 6) is 1.73. The Morgan fingerprint density at radius 1 is 1.03 bits per heavy atom. The van der Waals surface area contributed by atoms with Crippen molar-refractivity contribution in [2.24, 2.45) is 0 Å². The van der Waals surface area contributed by atoms with Gasteiger partial charge in [-0.1, -0.05) is 0 Å². The standard InChI is InChI=1S/C23H27N7OS/c1-14-11-15(2)26-23(25-14)29-20-12-16(3)24-22(28-20)19-7-5-6-10-30(19)21(31)9-8-18-13-32-17(4)27-18/h8-9,11-13,19H,5-7,10H2,1-4H3,(H,24,25,26,28,29)/b9-8+. The highest BCUT2D eigenvalue weighted by atomic mass is 32.1. The van der Waals surface area contributed by atoms with Crippen LogP contribution in [0.3, 0.4) is 0 Å². The third-order valence-electron chi connectivity index (χ3n) is 5.21. The minimum atomic E-state index is -0.168. The molecule has 1 fully saturated rings. The molecule has 1 saturated heterocycles. The fourth-order valence-corrected chi connectivity index (χ4v) is 4.45. The highest BCUT2D eigenvalue weighted by Crippen LogP contribution is 2.30. The average molecular weight is 450 g/mol. The van der Waals surface area contributed by atoms with Gasteiger partial charge in [0.25, 0.3) is 0 Å². The number of aromatic nitrogens is 5. The van der Waals surface area contributed by atoms with E-state index in [1.54, 1.807) is 23.5 Å². The number of anilines is 2. The molecule has 9 heteroatoms. The number of nitrogens with one attached hydrogen (secondary N) is 1. The minimum absolute atomic E-state index is 0.0439. The molecule has 3 aromatic heterocycles. The predicted molar refractivity (Wildman–Crippen MR) is 126 cm³/mol. The van der Waals surface area contributed by atoms with Crippen LogP contribution in [0.4, 0.5) is 11.8 Å². The molecule has 4 heterocycles. The largest absolute Gasteiger partial charge is 0.329 e. The van der Waals surface area contributed by atoms with Gasteiger partial charge >= 0.3 is 0 Å². The van der Waals surface area contributed by atoms with Crippen LogP contribution in [0.5, 0.6) is 0 Å². The predicted octanol–water partition coefficient (Wildman–Crippen LogP) is 4.47. The molecular weight excluding hydrogens is 422 g/mol. The Morgan fingerprint density at radius 3 is 2.50 bits per heavy atom. The van der Waals surface area contributed by atoms with Gasteiger partial charge in [0.1, 0.15) is 5.82 Å². The summed E-state index contributed by atoms with van der Waals surface area (Å²) < 4.78 is 0. The molecule has 1 N–H and O–H groups in total. The Hall–Kier alpha value is -3.20. The highest BCUT2D eigenvalue weighted by molar-refractivity contribution is 7.09. The summed E-state index contributed by atoms with van der Waals surface area (Å²) in [7, 11) is 0. The lowest BCUT2D eigenvalue weighted by Gasteiger charge is -2.34. The molecule has 1 amide bonds. The van der Waals surface area contributed by atoms with Gasteiger partial charge in [-0.05, 0) is 59.1 Å². The molecule has 0 aliphatic carbocycles. The van der Waals surface area contributed by atoms with E-state index in [1.165, 1.54) is 0 Å². The number of aryl methyl sites for hydroxylation is 4. The number of nitrogens with zero attached hydrogens (tertiary/aromatic N) is 6. The molecule has 1 aliphatic rings. The average Bonchev–Trinajstić information content (AvgIpc) is 3.16. The van der Waals surface area contributed by atoms with Crippen molar-refractivity contribution in [1.82, 2.24) is 29.8 Å². The summed E-state index contributed by atoms with van der Waals surface area (Å²) in [6.45, 7) is 8.43. The maximum absolute atomic E-state index is 13.0. The van der Waals surface area contributed by atoms with Crippen LogP contribution in [0.1, 0.15) is 58.9 Å². The van der Waals surface area contributed by atoms with Gasteiger partial charge in [0.2, 0.25) is 11.9 Å². The van der Waals surface area contributed by atoms with E-state index >= 15 is 0 Å². The molecular formula is C23H27N7OS. The molecule has 1 unspecified atom stereocenters. The first kappa shape index (κ1) is 22.0. The van der Waals surface area contributed by atoms with Crippen molar-refractivity contribution in [3.8, 4) is 0 Å². The molecule has 4 rings (SSSR count). The van der Waals surface area contributed by atoms with Crippen LogP contribution in [0.25, 0.3) is 6.08 Å². The maximum Gasteiger partial charge on any atom is 0.247 e. The molecule has 0 radical (unpaired) electrons. The normalized spacial score (nSPS) is 16.5. The molecule has 1 atom stereocenters. The van der Waals surface area contributed by atoms with E-state index in [2.05, 4.69) is 25.3 Å². The van der Waals surface area contributed by atoms with E-state index in [9.17, 15) is 4.79 Å². The molecule has 166 valence electrons. The number of hydrogen-bond donors (Lipinski definition) is 1. The first-order chi connectivity index (χ1) is 15.4. The van der Waals surface area contributed by atoms with Gasteiger partial charge in [0, 0.05) is 41.1 Å². The summed E-state index contributed by atoms with van der Waals surface area (Å²) >= 11 is 1.57. The van der Waals surface area contributed by atoms with E-state index in [0.29, 0.717) is 24.1 Å². The van der Waals surface area contributed by atoms with Crippen molar-refractivity contribution in [3.05, 3.63) is 57.2 Å². The zero-order chi connectivity index (χ0) is 22.7. The summed E-state index contributed by atoms with van der Waals surface area (Å²) in [6, 6.07) is 3.62. The Bertz CT molecular complexity index is 1140. The van der Waals surface area contributed by atoms with Crippen LogP contribution in [-0.4, -0.2) is 42.3 Å². The van der Waals surface area contributed by atoms with Gasteiger partial charge < -0.3 is 10.2 Å². The number of thiazole rings is 1. The third kappa shape index (κ3) is 5.34.